The van der Waals surface area contributed by atoms with Gasteiger partial charge in [-0.15, -0.1) is 0 Å². The Balaban J connectivity index is 2.71. The van der Waals surface area contributed by atoms with E-state index >= 15 is 0 Å². The zero-order valence-electron chi connectivity index (χ0n) is 9.44. The van der Waals surface area contributed by atoms with Gasteiger partial charge in [-0.05, 0) is 18.2 Å². The number of nitrogens with zero attached hydrogens (tertiary/aromatic N) is 3. The lowest BCUT2D eigenvalue weighted by Crippen LogP contribution is -1.96. The number of aryl methyl sites for hydroxylation is 1. The molecule has 0 atom stereocenters. The molecule has 0 aliphatic carbocycles. The maximum atomic E-state index is 13.3. The van der Waals surface area contributed by atoms with Gasteiger partial charge >= 0.3 is 0 Å². The van der Waals surface area contributed by atoms with Crippen molar-refractivity contribution >= 4 is 0 Å². The van der Waals surface area contributed by atoms with E-state index < -0.39 is 0 Å². The molecule has 0 aliphatic rings. The molecule has 0 fully saturated rings. The van der Waals surface area contributed by atoms with Crippen LogP contribution in [0.2, 0.25) is 0 Å². The fourth-order valence-electron chi connectivity index (χ4n) is 1.69. The van der Waals surface area contributed by atoms with Gasteiger partial charge in [0.15, 0.2) is 5.69 Å². The van der Waals surface area contributed by atoms with Crippen molar-refractivity contribution in [1.29, 1.82) is 5.26 Å². The lowest BCUT2D eigenvalue weighted by molar-refractivity contribution is 0.415. The highest BCUT2D eigenvalue weighted by atomic mass is 19.1. The molecule has 0 amide bonds. The summed E-state index contributed by atoms with van der Waals surface area (Å²) < 4.78 is 20.1. The van der Waals surface area contributed by atoms with E-state index in [-0.39, 0.29) is 11.5 Å². The monoisotopic (exact) mass is 231 g/mol. The molecule has 1 aromatic heterocycles. The molecule has 0 aliphatic heterocycles. The minimum absolute atomic E-state index is 0.247. The summed E-state index contributed by atoms with van der Waals surface area (Å²) >= 11 is 0. The van der Waals surface area contributed by atoms with Crippen LogP contribution in [0.25, 0.3) is 11.3 Å². The lowest BCUT2D eigenvalue weighted by atomic mass is 10.1. The van der Waals surface area contributed by atoms with Crippen LogP contribution < -0.4 is 4.74 Å². The molecule has 0 unspecified atom stereocenters. The van der Waals surface area contributed by atoms with Gasteiger partial charge in [-0.1, -0.05) is 0 Å². The fourth-order valence-corrected chi connectivity index (χ4v) is 1.69. The number of halogens is 1. The predicted molar refractivity (Wildman–Crippen MR) is 59.9 cm³/mol. The van der Waals surface area contributed by atoms with Crippen molar-refractivity contribution < 1.29 is 9.13 Å². The van der Waals surface area contributed by atoms with Gasteiger partial charge in [-0.25, -0.2) is 9.37 Å². The van der Waals surface area contributed by atoms with Crippen LogP contribution in [0.3, 0.4) is 0 Å². The van der Waals surface area contributed by atoms with E-state index in [1.807, 2.05) is 6.07 Å². The second-order valence-corrected chi connectivity index (χ2v) is 3.51. The van der Waals surface area contributed by atoms with Gasteiger partial charge in [-0.2, -0.15) is 5.26 Å². The van der Waals surface area contributed by atoms with Gasteiger partial charge in [0.05, 0.1) is 19.1 Å². The largest absolute Gasteiger partial charge is 0.496 e. The topological polar surface area (TPSA) is 50.8 Å². The molecule has 1 heterocycles. The van der Waals surface area contributed by atoms with Gasteiger partial charge in [0.1, 0.15) is 17.6 Å². The first kappa shape index (κ1) is 11.1. The van der Waals surface area contributed by atoms with E-state index in [0.29, 0.717) is 17.0 Å². The van der Waals surface area contributed by atoms with Gasteiger partial charge in [0, 0.05) is 12.6 Å². The second-order valence-electron chi connectivity index (χ2n) is 3.51. The van der Waals surface area contributed by atoms with Crippen LogP contribution in [-0.2, 0) is 7.05 Å². The summed E-state index contributed by atoms with van der Waals surface area (Å²) in [5.74, 6) is 0.123. The standard InChI is InChI=1S/C12H10FN3O/c1-16-7-15-10(6-14)12(16)9-5-8(13)3-4-11(9)17-2/h3-5,7H,1-2H3. The van der Waals surface area contributed by atoms with Crippen LogP contribution in [0.5, 0.6) is 5.75 Å². The number of ether oxygens (including phenoxy) is 1. The molecule has 5 heteroatoms. The molecule has 0 saturated heterocycles. The van der Waals surface area contributed by atoms with Crippen LogP contribution in [0.1, 0.15) is 5.69 Å². The Morgan fingerprint density at radius 2 is 2.24 bits per heavy atom. The first-order valence-electron chi connectivity index (χ1n) is 4.92. The summed E-state index contributed by atoms with van der Waals surface area (Å²) in [6.07, 6.45) is 1.51. The Bertz CT molecular complexity index is 598. The minimum atomic E-state index is -0.383. The number of hydrogen-bond donors (Lipinski definition) is 0. The number of nitriles is 1. The van der Waals surface area contributed by atoms with Crippen molar-refractivity contribution in [2.24, 2.45) is 7.05 Å². The number of imidazole rings is 1. The van der Waals surface area contributed by atoms with Gasteiger partial charge in [0.2, 0.25) is 0 Å². The van der Waals surface area contributed by atoms with E-state index in [9.17, 15) is 4.39 Å². The van der Waals surface area contributed by atoms with Crippen molar-refractivity contribution in [3.05, 3.63) is 36.0 Å². The maximum absolute atomic E-state index is 13.3. The highest BCUT2D eigenvalue weighted by Crippen LogP contribution is 2.32. The van der Waals surface area contributed by atoms with Crippen molar-refractivity contribution in [1.82, 2.24) is 9.55 Å². The normalized spacial score (nSPS) is 10.0. The van der Waals surface area contributed by atoms with Gasteiger partial charge in [0.25, 0.3) is 0 Å². The minimum Gasteiger partial charge on any atom is -0.496 e. The number of aromatic nitrogens is 2. The number of methoxy groups -OCH3 is 1. The molecule has 0 spiro atoms. The van der Waals surface area contributed by atoms with Crippen LogP contribution >= 0.6 is 0 Å². The van der Waals surface area contributed by atoms with Crippen molar-refractivity contribution in [3.8, 4) is 23.1 Å². The lowest BCUT2D eigenvalue weighted by Gasteiger charge is -2.09. The average molecular weight is 231 g/mol. The highest BCUT2D eigenvalue weighted by molar-refractivity contribution is 5.71. The zero-order valence-corrected chi connectivity index (χ0v) is 9.44. The van der Waals surface area contributed by atoms with E-state index in [0.717, 1.165) is 0 Å². The zero-order chi connectivity index (χ0) is 12.4. The SMILES string of the molecule is COc1ccc(F)cc1-c1c(C#N)ncn1C. The number of hydrogen-bond acceptors (Lipinski definition) is 3. The molecule has 0 saturated carbocycles. The summed E-state index contributed by atoms with van der Waals surface area (Å²) in [7, 11) is 3.24. The van der Waals surface area contributed by atoms with Crippen LogP contribution in [0.4, 0.5) is 4.39 Å². The molecule has 17 heavy (non-hydrogen) atoms. The van der Waals surface area contributed by atoms with Crippen LogP contribution in [0, 0.1) is 17.1 Å². The second kappa shape index (κ2) is 4.26. The molecule has 1 aromatic carbocycles. The predicted octanol–water partition coefficient (Wildman–Crippen LogP) is 2.11. The Kier molecular flexibility index (Phi) is 2.79. The van der Waals surface area contributed by atoms with Crippen molar-refractivity contribution in [2.75, 3.05) is 7.11 Å². The molecule has 2 aromatic rings. The molecular formula is C12H10FN3O. The third-order valence-corrected chi connectivity index (χ3v) is 2.46. The Labute approximate surface area is 97.9 Å². The number of rotatable bonds is 2. The first-order valence-corrected chi connectivity index (χ1v) is 4.92. The Hall–Kier alpha value is -2.35. The Morgan fingerprint density at radius 3 is 2.88 bits per heavy atom. The smallest absolute Gasteiger partial charge is 0.166 e. The molecule has 0 bridgehead atoms. The third-order valence-electron chi connectivity index (χ3n) is 2.46. The number of benzene rings is 1. The van der Waals surface area contributed by atoms with E-state index in [4.69, 9.17) is 10.00 Å². The first-order chi connectivity index (χ1) is 8.17. The molecular weight excluding hydrogens is 221 g/mol. The summed E-state index contributed by atoms with van der Waals surface area (Å²) in [4.78, 5) is 3.94. The maximum Gasteiger partial charge on any atom is 0.166 e. The quantitative estimate of drug-likeness (QED) is 0.795. The third kappa shape index (κ3) is 1.85. The summed E-state index contributed by atoms with van der Waals surface area (Å²) in [6, 6.07) is 6.14. The highest BCUT2D eigenvalue weighted by Gasteiger charge is 2.15. The van der Waals surface area contributed by atoms with E-state index in [1.165, 1.54) is 31.6 Å². The van der Waals surface area contributed by atoms with Crippen molar-refractivity contribution in [3.63, 3.8) is 0 Å². The summed E-state index contributed by atoms with van der Waals surface area (Å²) in [6.45, 7) is 0. The summed E-state index contributed by atoms with van der Waals surface area (Å²) in [5, 5.41) is 8.97. The molecule has 4 nitrogen and oxygen atoms in total. The fraction of sp³-hybridized carbons (Fsp3) is 0.167. The van der Waals surface area contributed by atoms with Crippen LogP contribution in [-0.4, -0.2) is 16.7 Å². The molecule has 0 N–H and O–H groups in total. The van der Waals surface area contributed by atoms with Gasteiger partial charge < -0.3 is 9.30 Å². The molecule has 0 radical (unpaired) electrons. The molecule has 2 rings (SSSR count). The van der Waals surface area contributed by atoms with Crippen LogP contribution in [0.15, 0.2) is 24.5 Å². The van der Waals surface area contributed by atoms with E-state index in [1.54, 1.807) is 11.6 Å². The Morgan fingerprint density at radius 1 is 1.47 bits per heavy atom. The van der Waals surface area contributed by atoms with Gasteiger partial charge in [-0.3, -0.25) is 0 Å². The summed E-state index contributed by atoms with van der Waals surface area (Å²) in [5.41, 5.74) is 1.31. The van der Waals surface area contributed by atoms with E-state index in [2.05, 4.69) is 4.98 Å². The average Bonchev–Trinajstić information content (AvgIpc) is 2.70. The molecule has 86 valence electrons. The van der Waals surface area contributed by atoms with Crippen molar-refractivity contribution in [2.45, 2.75) is 0 Å².